The first-order valence-corrected chi connectivity index (χ1v) is 7.03. The van der Waals surface area contributed by atoms with Crippen molar-refractivity contribution in [2.45, 2.75) is 6.92 Å². The fourth-order valence-corrected chi connectivity index (χ4v) is 2.12. The summed E-state index contributed by atoms with van der Waals surface area (Å²) < 4.78 is 14.5. The Morgan fingerprint density at radius 1 is 1.21 bits per heavy atom. The van der Waals surface area contributed by atoms with Gasteiger partial charge < -0.3 is 10.6 Å². The van der Waals surface area contributed by atoms with E-state index in [1.165, 1.54) is 6.07 Å². The molecule has 0 unspecified atom stereocenters. The van der Waals surface area contributed by atoms with Gasteiger partial charge in [0.15, 0.2) is 0 Å². The maximum atomic E-state index is 13.4. The molecule has 0 atom stereocenters. The van der Waals surface area contributed by atoms with Gasteiger partial charge in [-0.1, -0.05) is 0 Å². The van der Waals surface area contributed by atoms with Crippen molar-refractivity contribution < 1.29 is 4.39 Å². The molecule has 19 heavy (non-hydrogen) atoms. The lowest BCUT2D eigenvalue weighted by atomic mass is 10.2. The molecule has 0 saturated carbocycles. The average molecular weight is 390 g/mol. The van der Waals surface area contributed by atoms with Crippen LogP contribution in [-0.2, 0) is 0 Å². The Hall–Kier alpha value is -1.21. The third-order valence-electron chi connectivity index (χ3n) is 2.49. The van der Waals surface area contributed by atoms with Gasteiger partial charge in [-0.3, -0.25) is 0 Å². The number of rotatable bonds is 3. The lowest BCUT2D eigenvalue weighted by Crippen LogP contribution is -2.02. The lowest BCUT2D eigenvalue weighted by molar-refractivity contribution is 0.620. The summed E-state index contributed by atoms with van der Waals surface area (Å²) in [5.41, 5.74) is 1.56. The number of aryl methyl sites for hydroxylation is 1. The van der Waals surface area contributed by atoms with Crippen LogP contribution in [-0.4, -0.2) is 17.0 Å². The van der Waals surface area contributed by atoms with E-state index in [1.807, 2.05) is 6.92 Å². The van der Waals surface area contributed by atoms with Gasteiger partial charge in [-0.15, -0.1) is 0 Å². The largest absolute Gasteiger partial charge is 0.357 e. The van der Waals surface area contributed by atoms with Crippen LogP contribution >= 0.6 is 31.9 Å². The van der Waals surface area contributed by atoms with Crippen LogP contribution in [0.2, 0.25) is 0 Å². The summed E-state index contributed by atoms with van der Waals surface area (Å²) in [5, 5.41) is 6.01. The van der Waals surface area contributed by atoms with E-state index in [-0.39, 0.29) is 5.82 Å². The summed E-state index contributed by atoms with van der Waals surface area (Å²) in [5.74, 6) is 0.825. The maximum Gasteiger partial charge on any atom is 0.224 e. The van der Waals surface area contributed by atoms with Gasteiger partial charge in [-0.2, -0.15) is 4.98 Å². The molecule has 0 spiro atoms. The van der Waals surface area contributed by atoms with Gasteiger partial charge in [0.1, 0.15) is 11.6 Å². The number of benzene rings is 1. The van der Waals surface area contributed by atoms with Gasteiger partial charge in [0.25, 0.3) is 0 Å². The number of aromatic nitrogens is 2. The summed E-state index contributed by atoms with van der Waals surface area (Å²) in [4.78, 5) is 8.36. The number of anilines is 3. The first-order chi connectivity index (χ1) is 9.01. The van der Waals surface area contributed by atoms with Crippen LogP contribution in [0.5, 0.6) is 0 Å². The molecular weight excluding hydrogens is 379 g/mol. The minimum Gasteiger partial charge on any atom is -0.357 e. The van der Waals surface area contributed by atoms with Crippen molar-refractivity contribution in [2.75, 3.05) is 17.7 Å². The van der Waals surface area contributed by atoms with Crippen LogP contribution in [0.4, 0.5) is 21.8 Å². The number of hydrogen-bond acceptors (Lipinski definition) is 4. The number of hydrogen-bond donors (Lipinski definition) is 2. The van der Waals surface area contributed by atoms with Crippen molar-refractivity contribution in [3.05, 3.63) is 38.7 Å². The molecule has 2 aromatic rings. The van der Waals surface area contributed by atoms with Crippen molar-refractivity contribution in [1.82, 2.24) is 9.97 Å². The number of nitrogens with zero attached hydrogens (tertiary/aromatic N) is 2. The molecule has 0 radical (unpaired) electrons. The zero-order chi connectivity index (χ0) is 14.0. The minimum atomic E-state index is -0.291. The Morgan fingerprint density at radius 3 is 2.63 bits per heavy atom. The monoisotopic (exact) mass is 388 g/mol. The molecule has 2 rings (SSSR count). The van der Waals surface area contributed by atoms with Gasteiger partial charge in [-0.25, -0.2) is 9.37 Å². The molecule has 7 heteroatoms. The van der Waals surface area contributed by atoms with Gasteiger partial charge >= 0.3 is 0 Å². The molecule has 1 heterocycles. The summed E-state index contributed by atoms with van der Waals surface area (Å²) in [7, 11) is 1.74. The van der Waals surface area contributed by atoms with Crippen molar-refractivity contribution in [1.29, 1.82) is 0 Å². The standard InChI is InChI=1S/C12H11Br2FN4/c1-6-3-9(15)7(13)4-10(6)18-11-8(14)5-17-12(16-2)19-11/h3-5H,1-2H3,(H2,16,17,18,19). The lowest BCUT2D eigenvalue weighted by Gasteiger charge is -2.12. The Labute approximate surface area is 127 Å². The zero-order valence-electron chi connectivity index (χ0n) is 10.3. The highest BCUT2D eigenvalue weighted by atomic mass is 79.9. The van der Waals surface area contributed by atoms with Crippen molar-refractivity contribution in [3.8, 4) is 0 Å². The fourth-order valence-electron chi connectivity index (χ4n) is 1.48. The molecule has 1 aromatic carbocycles. The Morgan fingerprint density at radius 2 is 1.95 bits per heavy atom. The fraction of sp³-hybridized carbons (Fsp3) is 0.167. The Kier molecular flexibility index (Phi) is 4.36. The van der Waals surface area contributed by atoms with E-state index >= 15 is 0 Å². The van der Waals surface area contributed by atoms with Gasteiger partial charge in [-0.05, 0) is 56.5 Å². The Bertz CT molecular complexity index is 619. The van der Waals surface area contributed by atoms with Gasteiger partial charge in [0.2, 0.25) is 5.95 Å². The predicted molar refractivity (Wildman–Crippen MR) is 81.4 cm³/mol. The van der Waals surface area contributed by atoms with E-state index in [0.29, 0.717) is 16.2 Å². The van der Waals surface area contributed by atoms with Crippen molar-refractivity contribution in [3.63, 3.8) is 0 Å². The second kappa shape index (κ2) is 5.83. The van der Waals surface area contributed by atoms with Gasteiger partial charge in [0.05, 0.1) is 8.95 Å². The molecule has 4 nitrogen and oxygen atoms in total. The number of halogens is 3. The highest BCUT2D eigenvalue weighted by Gasteiger charge is 2.09. The summed E-state index contributed by atoms with van der Waals surface area (Å²) in [6.45, 7) is 1.83. The molecule has 0 aliphatic carbocycles. The molecule has 0 aliphatic heterocycles. The molecule has 0 saturated heterocycles. The van der Waals surface area contributed by atoms with Crippen molar-refractivity contribution in [2.24, 2.45) is 0 Å². The van der Waals surface area contributed by atoms with Gasteiger partial charge in [0, 0.05) is 18.9 Å². The van der Waals surface area contributed by atoms with E-state index in [2.05, 4.69) is 52.5 Å². The predicted octanol–water partition coefficient (Wildman–Crippen LogP) is 4.23. The summed E-state index contributed by atoms with van der Waals surface area (Å²) in [6, 6.07) is 3.14. The molecule has 1 aromatic heterocycles. The molecule has 0 fully saturated rings. The summed E-state index contributed by atoms with van der Waals surface area (Å²) >= 11 is 6.54. The summed E-state index contributed by atoms with van der Waals surface area (Å²) in [6.07, 6.45) is 1.65. The van der Waals surface area contributed by atoms with E-state index in [1.54, 1.807) is 19.3 Å². The van der Waals surface area contributed by atoms with Crippen LogP contribution in [0, 0.1) is 12.7 Å². The maximum absolute atomic E-state index is 13.4. The van der Waals surface area contributed by atoms with E-state index < -0.39 is 0 Å². The zero-order valence-corrected chi connectivity index (χ0v) is 13.4. The number of nitrogens with one attached hydrogen (secondary N) is 2. The van der Waals surface area contributed by atoms with E-state index in [9.17, 15) is 4.39 Å². The first-order valence-electron chi connectivity index (χ1n) is 5.44. The van der Waals surface area contributed by atoms with Crippen LogP contribution in [0.1, 0.15) is 5.56 Å². The molecule has 0 aliphatic rings. The second-order valence-electron chi connectivity index (χ2n) is 3.85. The molecule has 0 bridgehead atoms. The average Bonchev–Trinajstić information content (AvgIpc) is 2.38. The third-order valence-corrected chi connectivity index (χ3v) is 3.68. The van der Waals surface area contributed by atoms with Crippen molar-refractivity contribution >= 4 is 49.3 Å². The van der Waals surface area contributed by atoms with Crippen LogP contribution in [0.25, 0.3) is 0 Å². The first kappa shape index (κ1) is 14.2. The quantitative estimate of drug-likeness (QED) is 0.824. The molecular formula is C12H11Br2FN4. The van der Waals surface area contributed by atoms with E-state index in [4.69, 9.17) is 0 Å². The molecule has 0 amide bonds. The SMILES string of the molecule is CNc1ncc(Br)c(Nc2cc(Br)c(F)cc2C)n1. The second-order valence-corrected chi connectivity index (χ2v) is 5.56. The Balaban J connectivity index is 2.38. The highest BCUT2D eigenvalue weighted by molar-refractivity contribution is 9.10. The molecule has 100 valence electrons. The van der Waals surface area contributed by atoms with Crippen LogP contribution < -0.4 is 10.6 Å². The highest BCUT2D eigenvalue weighted by Crippen LogP contribution is 2.29. The smallest absolute Gasteiger partial charge is 0.224 e. The minimum absolute atomic E-state index is 0.291. The van der Waals surface area contributed by atoms with Crippen LogP contribution in [0.3, 0.4) is 0 Å². The van der Waals surface area contributed by atoms with Crippen LogP contribution in [0.15, 0.2) is 27.3 Å². The van der Waals surface area contributed by atoms with E-state index in [0.717, 1.165) is 15.7 Å². The normalized spacial score (nSPS) is 10.4. The topological polar surface area (TPSA) is 49.8 Å². The third kappa shape index (κ3) is 3.22. The molecule has 2 N–H and O–H groups in total.